The molecule has 0 bridgehead atoms. The van der Waals surface area contributed by atoms with E-state index < -0.39 is 0 Å². The van der Waals surface area contributed by atoms with Gasteiger partial charge < -0.3 is 10.1 Å². The van der Waals surface area contributed by atoms with Crippen molar-refractivity contribution < 1.29 is 4.74 Å². The Hall–Kier alpha value is -0.860. The molecule has 2 rings (SSSR count). The lowest BCUT2D eigenvalue weighted by Crippen LogP contribution is -2.26. The maximum absolute atomic E-state index is 5.98. The minimum atomic E-state index is 0.329. The van der Waals surface area contributed by atoms with Crippen molar-refractivity contribution in [1.29, 1.82) is 0 Å². The molecule has 0 amide bonds. The van der Waals surface area contributed by atoms with Gasteiger partial charge in [0.25, 0.3) is 0 Å². The minimum Gasteiger partial charge on any atom is -0.379 e. The molecule has 2 heteroatoms. The van der Waals surface area contributed by atoms with Crippen molar-refractivity contribution in [2.75, 3.05) is 19.8 Å². The van der Waals surface area contributed by atoms with Gasteiger partial charge in [0, 0.05) is 6.61 Å². The number of hydrogen-bond acceptors (Lipinski definition) is 2. The first-order valence-corrected chi connectivity index (χ1v) is 7.76. The summed E-state index contributed by atoms with van der Waals surface area (Å²) in [6.07, 6.45) is 6.92. The molecule has 2 nitrogen and oxygen atoms in total. The monoisotopic (exact) mass is 261 g/mol. The Kier molecular flexibility index (Phi) is 6.38. The largest absolute Gasteiger partial charge is 0.379 e. The van der Waals surface area contributed by atoms with Gasteiger partial charge in [0.05, 0.1) is 12.6 Å². The van der Waals surface area contributed by atoms with Crippen LogP contribution < -0.4 is 5.32 Å². The second-order valence-corrected chi connectivity index (χ2v) is 5.56. The first-order chi connectivity index (χ1) is 9.40. The lowest BCUT2D eigenvalue weighted by molar-refractivity contribution is 0.0696. The molecule has 0 saturated heterocycles. The summed E-state index contributed by atoms with van der Waals surface area (Å²) in [6, 6.07) is 10.9. The molecule has 106 valence electrons. The summed E-state index contributed by atoms with van der Waals surface area (Å²) < 4.78 is 5.98. The summed E-state index contributed by atoms with van der Waals surface area (Å²) in [5, 5.41) is 3.51. The molecule has 1 unspecified atom stereocenters. The van der Waals surface area contributed by atoms with E-state index >= 15 is 0 Å². The van der Waals surface area contributed by atoms with Crippen LogP contribution in [0.5, 0.6) is 0 Å². The van der Waals surface area contributed by atoms with E-state index in [-0.39, 0.29) is 0 Å². The van der Waals surface area contributed by atoms with E-state index in [1.54, 1.807) is 0 Å². The summed E-state index contributed by atoms with van der Waals surface area (Å²) in [5.41, 5.74) is 1.33. The van der Waals surface area contributed by atoms with Crippen LogP contribution in [0.4, 0.5) is 0 Å². The highest BCUT2D eigenvalue weighted by Gasteiger charge is 2.15. The smallest absolute Gasteiger partial charge is 0.0661 e. The van der Waals surface area contributed by atoms with Crippen molar-refractivity contribution in [3.8, 4) is 0 Å². The van der Waals surface area contributed by atoms with Crippen LogP contribution in [-0.4, -0.2) is 19.8 Å². The van der Waals surface area contributed by atoms with Gasteiger partial charge in [-0.1, -0.05) is 56.5 Å². The van der Waals surface area contributed by atoms with Crippen LogP contribution in [-0.2, 0) is 4.74 Å². The SMILES string of the molecule is CCNC(COCC1CCCCC1)c1ccccc1. The van der Waals surface area contributed by atoms with E-state index in [4.69, 9.17) is 4.74 Å². The molecule has 1 aliphatic rings. The van der Waals surface area contributed by atoms with Crippen LogP contribution in [0.1, 0.15) is 50.6 Å². The van der Waals surface area contributed by atoms with Gasteiger partial charge in [0.2, 0.25) is 0 Å². The van der Waals surface area contributed by atoms with Gasteiger partial charge in [-0.05, 0) is 30.9 Å². The number of nitrogens with one attached hydrogen (secondary N) is 1. The molecule has 0 aromatic heterocycles. The van der Waals surface area contributed by atoms with E-state index in [9.17, 15) is 0 Å². The highest BCUT2D eigenvalue weighted by molar-refractivity contribution is 5.18. The normalized spacial score (nSPS) is 18.4. The van der Waals surface area contributed by atoms with E-state index in [2.05, 4.69) is 42.6 Å². The molecule has 1 saturated carbocycles. The van der Waals surface area contributed by atoms with E-state index in [1.165, 1.54) is 37.7 Å². The van der Waals surface area contributed by atoms with E-state index in [1.807, 2.05) is 0 Å². The van der Waals surface area contributed by atoms with Crippen LogP contribution in [0.15, 0.2) is 30.3 Å². The summed E-state index contributed by atoms with van der Waals surface area (Å²) in [6.45, 7) is 4.85. The molecule has 1 fully saturated rings. The molecule has 1 aliphatic carbocycles. The lowest BCUT2D eigenvalue weighted by atomic mass is 9.90. The number of benzene rings is 1. The maximum atomic E-state index is 5.98. The van der Waals surface area contributed by atoms with Gasteiger partial charge in [-0.15, -0.1) is 0 Å². The van der Waals surface area contributed by atoms with E-state index in [0.717, 1.165) is 25.7 Å². The van der Waals surface area contributed by atoms with Gasteiger partial charge in [0.1, 0.15) is 0 Å². The van der Waals surface area contributed by atoms with Crippen LogP contribution in [0.3, 0.4) is 0 Å². The Labute approximate surface area is 117 Å². The molecule has 1 atom stereocenters. The average molecular weight is 261 g/mol. The quantitative estimate of drug-likeness (QED) is 0.803. The third kappa shape index (κ3) is 4.96. The molecule has 1 N–H and O–H groups in total. The van der Waals surface area contributed by atoms with Crippen molar-refractivity contribution in [2.24, 2.45) is 5.92 Å². The molecular formula is C17H27NO. The van der Waals surface area contributed by atoms with Crippen LogP contribution >= 0.6 is 0 Å². The van der Waals surface area contributed by atoms with Crippen LogP contribution in [0, 0.1) is 5.92 Å². The fraction of sp³-hybridized carbons (Fsp3) is 0.647. The van der Waals surface area contributed by atoms with Crippen molar-refractivity contribution in [3.05, 3.63) is 35.9 Å². The summed E-state index contributed by atoms with van der Waals surface area (Å²) >= 11 is 0. The average Bonchev–Trinajstić information content (AvgIpc) is 2.48. The fourth-order valence-electron chi connectivity index (χ4n) is 2.91. The Bertz CT molecular complexity index is 332. The Morgan fingerprint density at radius 3 is 2.58 bits per heavy atom. The zero-order valence-corrected chi connectivity index (χ0v) is 12.1. The summed E-state index contributed by atoms with van der Waals surface area (Å²) in [5.74, 6) is 0.798. The molecular weight excluding hydrogens is 234 g/mol. The van der Waals surface area contributed by atoms with Crippen molar-refractivity contribution in [2.45, 2.75) is 45.1 Å². The highest BCUT2D eigenvalue weighted by atomic mass is 16.5. The predicted octanol–water partition coefficient (Wildman–Crippen LogP) is 3.93. The fourth-order valence-corrected chi connectivity index (χ4v) is 2.91. The topological polar surface area (TPSA) is 21.3 Å². The lowest BCUT2D eigenvalue weighted by Gasteiger charge is -2.23. The van der Waals surface area contributed by atoms with Crippen molar-refractivity contribution in [3.63, 3.8) is 0 Å². The maximum Gasteiger partial charge on any atom is 0.0661 e. The molecule has 19 heavy (non-hydrogen) atoms. The molecule has 0 radical (unpaired) electrons. The van der Waals surface area contributed by atoms with Gasteiger partial charge in [-0.25, -0.2) is 0 Å². The third-order valence-electron chi connectivity index (χ3n) is 4.02. The third-order valence-corrected chi connectivity index (χ3v) is 4.02. The molecule has 1 aromatic carbocycles. The van der Waals surface area contributed by atoms with Crippen LogP contribution in [0.25, 0.3) is 0 Å². The second-order valence-electron chi connectivity index (χ2n) is 5.56. The first kappa shape index (κ1) is 14.5. The van der Waals surface area contributed by atoms with Gasteiger partial charge >= 0.3 is 0 Å². The zero-order valence-electron chi connectivity index (χ0n) is 12.1. The van der Waals surface area contributed by atoms with Gasteiger partial charge in [0.15, 0.2) is 0 Å². The number of hydrogen-bond donors (Lipinski definition) is 1. The molecule has 0 heterocycles. The Morgan fingerprint density at radius 1 is 1.16 bits per heavy atom. The van der Waals surface area contributed by atoms with Crippen LogP contribution in [0.2, 0.25) is 0 Å². The molecule has 0 aliphatic heterocycles. The standard InChI is InChI=1S/C17H27NO/c1-2-18-17(16-11-7-4-8-12-16)14-19-13-15-9-5-3-6-10-15/h4,7-8,11-12,15,17-18H,2-3,5-6,9-10,13-14H2,1H3. The number of rotatable bonds is 7. The van der Waals surface area contributed by atoms with Gasteiger partial charge in [-0.2, -0.15) is 0 Å². The van der Waals surface area contributed by atoms with E-state index in [0.29, 0.717) is 6.04 Å². The highest BCUT2D eigenvalue weighted by Crippen LogP contribution is 2.24. The summed E-state index contributed by atoms with van der Waals surface area (Å²) in [7, 11) is 0. The minimum absolute atomic E-state index is 0.329. The van der Waals surface area contributed by atoms with Gasteiger partial charge in [-0.3, -0.25) is 0 Å². The zero-order chi connectivity index (χ0) is 13.3. The Balaban J connectivity index is 1.77. The van der Waals surface area contributed by atoms with Crippen molar-refractivity contribution >= 4 is 0 Å². The summed E-state index contributed by atoms with van der Waals surface area (Å²) in [4.78, 5) is 0. The number of ether oxygens (including phenoxy) is 1. The predicted molar refractivity (Wildman–Crippen MR) is 80.3 cm³/mol. The van der Waals surface area contributed by atoms with Crippen molar-refractivity contribution in [1.82, 2.24) is 5.32 Å². The second kappa shape index (κ2) is 8.34. The molecule has 1 aromatic rings. The first-order valence-electron chi connectivity index (χ1n) is 7.76. The Morgan fingerprint density at radius 2 is 1.89 bits per heavy atom. The number of likely N-dealkylation sites (N-methyl/N-ethyl adjacent to an activating group) is 1. The molecule has 0 spiro atoms.